The highest BCUT2D eigenvalue weighted by Gasteiger charge is 2.11. The van der Waals surface area contributed by atoms with Crippen molar-refractivity contribution in [1.29, 1.82) is 0 Å². The number of nitrogens with zero attached hydrogens (tertiary/aromatic N) is 1. The minimum atomic E-state index is 0.267. The van der Waals surface area contributed by atoms with Gasteiger partial charge >= 0.3 is 0 Å². The van der Waals surface area contributed by atoms with Gasteiger partial charge in [0, 0.05) is 18.0 Å². The Labute approximate surface area is 102 Å². The van der Waals surface area contributed by atoms with E-state index in [1.807, 2.05) is 24.3 Å². The summed E-state index contributed by atoms with van der Waals surface area (Å²) in [6.07, 6.45) is 0. The molecule has 1 unspecified atom stereocenters. The van der Waals surface area contributed by atoms with Crippen LogP contribution in [0, 0.1) is 5.92 Å². The van der Waals surface area contributed by atoms with E-state index in [0.29, 0.717) is 12.5 Å². The molecule has 2 rings (SSSR count). The van der Waals surface area contributed by atoms with Crippen molar-refractivity contribution in [1.82, 2.24) is 4.98 Å². The van der Waals surface area contributed by atoms with Crippen LogP contribution in [-0.2, 0) is 0 Å². The van der Waals surface area contributed by atoms with Gasteiger partial charge in [-0.25, -0.2) is 4.98 Å². The number of nitrogens with two attached hydrogens (primary N) is 1. The summed E-state index contributed by atoms with van der Waals surface area (Å²) in [5.74, 6) is 1.39. The van der Waals surface area contributed by atoms with Crippen LogP contribution < -0.4 is 11.1 Å². The van der Waals surface area contributed by atoms with Crippen LogP contribution in [-0.4, -0.2) is 17.6 Å². The lowest BCUT2D eigenvalue weighted by Gasteiger charge is -2.21. The third-order valence-electron chi connectivity index (χ3n) is 2.99. The smallest absolute Gasteiger partial charge is 0.126 e. The van der Waals surface area contributed by atoms with Gasteiger partial charge in [0.2, 0.25) is 0 Å². The van der Waals surface area contributed by atoms with Crippen molar-refractivity contribution in [3.05, 3.63) is 36.4 Å². The lowest BCUT2D eigenvalue weighted by molar-refractivity contribution is 0.530. The van der Waals surface area contributed by atoms with E-state index in [2.05, 4.69) is 36.3 Å². The summed E-state index contributed by atoms with van der Waals surface area (Å²) in [6.45, 7) is 4.93. The summed E-state index contributed by atoms with van der Waals surface area (Å²) >= 11 is 0. The second-order valence-electron chi connectivity index (χ2n) is 4.62. The number of hydrogen-bond acceptors (Lipinski definition) is 3. The van der Waals surface area contributed by atoms with E-state index in [1.54, 1.807) is 0 Å². The first kappa shape index (κ1) is 11.9. The molecule has 0 saturated carbocycles. The summed E-state index contributed by atoms with van der Waals surface area (Å²) in [5.41, 5.74) is 6.76. The van der Waals surface area contributed by atoms with Gasteiger partial charge in [0.15, 0.2) is 0 Å². The van der Waals surface area contributed by atoms with E-state index < -0.39 is 0 Å². The molecular formula is C14H19N3. The average Bonchev–Trinajstić information content (AvgIpc) is 2.35. The summed E-state index contributed by atoms with van der Waals surface area (Å²) in [6, 6.07) is 12.5. The van der Waals surface area contributed by atoms with Gasteiger partial charge in [-0.05, 0) is 24.1 Å². The van der Waals surface area contributed by atoms with Crippen molar-refractivity contribution in [2.75, 3.05) is 11.9 Å². The van der Waals surface area contributed by atoms with Crippen LogP contribution in [0.2, 0.25) is 0 Å². The number of aromatic nitrogens is 1. The highest BCUT2D eigenvalue weighted by molar-refractivity contribution is 5.80. The van der Waals surface area contributed by atoms with Gasteiger partial charge < -0.3 is 11.1 Å². The molecule has 3 heteroatoms. The zero-order chi connectivity index (χ0) is 12.3. The third-order valence-corrected chi connectivity index (χ3v) is 2.99. The molecule has 0 saturated heterocycles. The number of anilines is 1. The van der Waals surface area contributed by atoms with E-state index in [9.17, 15) is 0 Å². The molecule has 0 spiro atoms. The van der Waals surface area contributed by atoms with Crippen molar-refractivity contribution >= 4 is 16.7 Å². The molecule has 1 aromatic carbocycles. The SMILES string of the molecule is CC(C)C(CN)Nc1ccc2ccccc2n1. The Morgan fingerprint density at radius 1 is 1.18 bits per heavy atom. The van der Waals surface area contributed by atoms with E-state index in [1.165, 1.54) is 0 Å². The Kier molecular flexibility index (Phi) is 3.59. The van der Waals surface area contributed by atoms with Gasteiger partial charge in [0.1, 0.15) is 5.82 Å². The highest BCUT2D eigenvalue weighted by atomic mass is 15.0. The first-order valence-electron chi connectivity index (χ1n) is 6.03. The average molecular weight is 229 g/mol. The monoisotopic (exact) mass is 229 g/mol. The van der Waals surface area contributed by atoms with Crippen LogP contribution >= 0.6 is 0 Å². The molecule has 1 heterocycles. The summed E-state index contributed by atoms with van der Waals surface area (Å²) < 4.78 is 0. The molecule has 0 bridgehead atoms. The summed E-state index contributed by atoms with van der Waals surface area (Å²) in [7, 11) is 0. The molecule has 17 heavy (non-hydrogen) atoms. The molecule has 0 fully saturated rings. The number of rotatable bonds is 4. The van der Waals surface area contributed by atoms with Crippen molar-refractivity contribution < 1.29 is 0 Å². The Morgan fingerprint density at radius 3 is 2.65 bits per heavy atom. The number of fused-ring (bicyclic) bond motifs is 1. The maximum Gasteiger partial charge on any atom is 0.126 e. The third kappa shape index (κ3) is 2.74. The zero-order valence-electron chi connectivity index (χ0n) is 10.4. The molecule has 1 aromatic heterocycles. The Balaban J connectivity index is 2.24. The summed E-state index contributed by atoms with van der Waals surface area (Å²) in [5, 5.41) is 4.54. The van der Waals surface area contributed by atoms with Crippen LogP contribution in [0.1, 0.15) is 13.8 Å². The largest absolute Gasteiger partial charge is 0.366 e. The van der Waals surface area contributed by atoms with Crippen LogP contribution in [0.4, 0.5) is 5.82 Å². The standard InChI is InChI=1S/C14H19N3/c1-10(2)13(9-15)17-14-8-7-11-5-3-4-6-12(11)16-14/h3-8,10,13H,9,15H2,1-2H3,(H,16,17). The fourth-order valence-corrected chi connectivity index (χ4v) is 1.83. The van der Waals surface area contributed by atoms with Crippen LogP contribution in [0.5, 0.6) is 0 Å². The molecule has 0 aliphatic carbocycles. The number of hydrogen-bond donors (Lipinski definition) is 2. The zero-order valence-corrected chi connectivity index (χ0v) is 10.4. The second-order valence-corrected chi connectivity index (χ2v) is 4.62. The maximum atomic E-state index is 5.74. The fraction of sp³-hybridized carbons (Fsp3) is 0.357. The number of para-hydroxylation sites is 1. The molecule has 0 aliphatic heterocycles. The molecular weight excluding hydrogens is 210 g/mol. The van der Waals surface area contributed by atoms with Gasteiger partial charge in [-0.2, -0.15) is 0 Å². The van der Waals surface area contributed by atoms with E-state index in [4.69, 9.17) is 5.73 Å². The van der Waals surface area contributed by atoms with Crippen molar-refractivity contribution in [2.45, 2.75) is 19.9 Å². The molecule has 3 N–H and O–H groups in total. The predicted molar refractivity (Wildman–Crippen MR) is 73.0 cm³/mol. The van der Waals surface area contributed by atoms with Gasteiger partial charge in [-0.1, -0.05) is 32.0 Å². The molecule has 0 aliphatic rings. The van der Waals surface area contributed by atoms with Gasteiger partial charge in [0.25, 0.3) is 0 Å². The van der Waals surface area contributed by atoms with Gasteiger partial charge in [-0.3, -0.25) is 0 Å². The molecule has 1 atom stereocenters. The highest BCUT2D eigenvalue weighted by Crippen LogP contribution is 2.16. The number of benzene rings is 1. The fourth-order valence-electron chi connectivity index (χ4n) is 1.83. The van der Waals surface area contributed by atoms with Crippen molar-refractivity contribution in [2.24, 2.45) is 11.7 Å². The van der Waals surface area contributed by atoms with E-state index >= 15 is 0 Å². The van der Waals surface area contributed by atoms with Crippen LogP contribution in [0.25, 0.3) is 10.9 Å². The molecule has 0 amide bonds. The molecule has 2 aromatic rings. The second kappa shape index (κ2) is 5.15. The lowest BCUT2D eigenvalue weighted by atomic mass is 10.0. The predicted octanol–water partition coefficient (Wildman–Crippen LogP) is 2.63. The van der Waals surface area contributed by atoms with Crippen LogP contribution in [0.3, 0.4) is 0 Å². The van der Waals surface area contributed by atoms with Crippen molar-refractivity contribution in [3.63, 3.8) is 0 Å². The molecule has 90 valence electrons. The number of nitrogens with one attached hydrogen (secondary N) is 1. The first-order chi connectivity index (χ1) is 8.20. The minimum absolute atomic E-state index is 0.267. The summed E-state index contributed by atoms with van der Waals surface area (Å²) in [4.78, 5) is 4.58. The van der Waals surface area contributed by atoms with E-state index in [-0.39, 0.29) is 6.04 Å². The molecule has 0 radical (unpaired) electrons. The maximum absolute atomic E-state index is 5.74. The molecule has 3 nitrogen and oxygen atoms in total. The topological polar surface area (TPSA) is 50.9 Å². The van der Waals surface area contributed by atoms with Gasteiger partial charge in [-0.15, -0.1) is 0 Å². The van der Waals surface area contributed by atoms with Crippen molar-refractivity contribution in [3.8, 4) is 0 Å². The Bertz CT molecular complexity index is 494. The van der Waals surface area contributed by atoms with Crippen LogP contribution in [0.15, 0.2) is 36.4 Å². The Hall–Kier alpha value is -1.61. The Morgan fingerprint density at radius 2 is 1.94 bits per heavy atom. The minimum Gasteiger partial charge on any atom is -0.366 e. The van der Waals surface area contributed by atoms with E-state index in [0.717, 1.165) is 16.7 Å². The van der Waals surface area contributed by atoms with Gasteiger partial charge in [0.05, 0.1) is 5.52 Å². The first-order valence-corrected chi connectivity index (χ1v) is 6.03. The number of pyridine rings is 1. The quantitative estimate of drug-likeness (QED) is 0.847. The lowest BCUT2D eigenvalue weighted by Crippen LogP contribution is -2.33. The normalized spacial score (nSPS) is 12.9.